The highest BCUT2D eigenvalue weighted by atomic mass is 32.2. The van der Waals surface area contributed by atoms with Gasteiger partial charge in [-0.05, 0) is 73.0 Å². The molecule has 0 saturated heterocycles. The van der Waals surface area contributed by atoms with Crippen LogP contribution < -0.4 is 10.0 Å². The molecule has 0 aliphatic heterocycles. The van der Waals surface area contributed by atoms with Crippen LogP contribution in [0, 0.1) is 5.82 Å². The SMILES string of the molecule is CCOCCCNC(=O)c1ccc(NS(=O)(=O)c2ccc(-c3cccc(F)c3)cc2)cc1. The third-order valence-corrected chi connectivity index (χ3v) is 6.07. The summed E-state index contributed by atoms with van der Waals surface area (Å²) in [5.41, 5.74) is 2.14. The fourth-order valence-corrected chi connectivity index (χ4v) is 4.08. The monoisotopic (exact) mass is 456 g/mol. The van der Waals surface area contributed by atoms with E-state index in [-0.39, 0.29) is 16.6 Å². The van der Waals surface area contributed by atoms with Crippen LogP contribution in [0.15, 0.2) is 77.7 Å². The molecule has 0 spiro atoms. The maximum atomic E-state index is 13.4. The summed E-state index contributed by atoms with van der Waals surface area (Å²) in [6, 6.07) is 18.5. The summed E-state index contributed by atoms with van der Waals surface area (Å²) in [5.74, 6) is -0.590. The van der Waals surface area contributed by atoms with Crippen LogP contribution in [-0.2, 0) is 14.8 Å². The Morgan fingerprint density at radius 2 is 1.69 bits per heavy atom. The maximum Gasteiger partial charge on any atom is 0.261 e. The van der Waals surface area contributed by atoms with Crippen molar-refractivity contribution in [2.75, 3.05) is 24.5 Å². The highest BCUT2D eigenvalue weighted by molar-refractivity contribution is 7.92. The Morgan fingerprint density at radius 1 is 0.969 bits per heavy atom. The third kappa shape index (κ3) is 6.38. The molecule has 32 heavy (non-hydrogen) atoms. The van der Waals surface area contributed by atoms with Gasteiger partial charge in [0.05, 0.1) is 4.90 Å². The molecule has 0 aliphatic rings. The largest absolute Gasteiger partial charge is 0.382 e. The molecule has 0 aliphatic carbocycles. The Bertz CT molecular complexity index is 1150. The molecule has 3 aromatic rings. The Balaban J connectivity index is 1.62. The van der Waals surface area contributed by atoms with Crippen molar-refractivity contribution in [1.29, 1.82) is 0 Å². The number of carbonyl (C=O) groups is 1. The first-order valence-electron chi connectivity index (χ1n) is 10.2. The van der Waals surface area contributed by atoms with Crippen LogP contribution in [0.4, 0.5) is 10.1 Å². The van der Waals surface area contributed by atoms with E-state index in [1.54, 1.807) is 36.4 Å². The van der Waals surface area contributed by atoms with Crippen molar-refractivity contribution in [3.63, 3.8) is 0 Å². The van der Waals surface area contributed by atoms with Crippen molar-refractivity contribution in [1.82, 2.24) is 5.32 Å². The van der Waals surface area contributed by atoms with Crippen LogP contribution in [-0.4, -0.2) is 34.1 Å². The standard InChI is InChI=1S/C24H25FN2O4S/c1-2-31-16-4-15-26-24(28)19-7-11-22(12-8-19)27-32(29,30)23-13-9-18(10-14-23)20-5-3-6-21(25)17-20/h3,5-14,17,27H,2,4,15-16H2,1H3,(H,26,28). The summed E-state index contributed by atoms with van der Waals surface area (Å²) in [5, 5.41) is 2.79. The number of hydrogen-bond donors (Lipinski definition) is 2. The third-order valence-electron chi connectivity index (χ3n) is 4.68. The zero-order valence-electron chi connectivity index (χ0n) is 17.7. The number of amides is 1. The average Bonchev–Trinajstić information content (AvgIpc) is 2.79. The van der Waals surface area contributed by atoms with Gasteiger partial charge >= 0.3 is 0 Å². The number of ether oxygens (including phenoxy) is 1. The van der Waals surface area contributed by atoms with E-state index >= 15 is 0 Å². The molecule has 0 atom stereocenters. The number of anilines is 1. The molecule has 3 rings (SSSR count). The second-order valence-corrected chi connectivity index (χ2v) is 8.71. The molecule has 0 unspecified atom stereocenters. The first-order chi connectivity index (χ1) is 15.4. The minimum absolute atomic E-state index is 0.0776. The molecule has 0 heterocycles. The second-order valence-electron chi connectivity index (χ2n) is 7.02. The van der Waals surface area contributed by atoms with Gasteiger partial charge in [-0.2, -0.15) is 0 Å². The van der Waals surface area contributed by atoms with Gasteiger partial charge in [0.15, 0.2) is 0 Å². The number of rotatable bonds is 10. The number of carbonyl (C=O) groups excluding carboxylic acids is 1. The molecule has 2 N–H and O–H groups in total. The topological polar surface area (TPSA) is 84.5 Å². The lowest BCUT2D eigenvalue weighted by Crippen LogP contribution is -2.25. The second kappa shape index (κ2) is 10.9. The first kappa shape index (κ1) is 23.4. The fourth-order valence-electron chi connectivity index (χ4n) is 3.02. The van der Waals surface area contributed by atoms with Crippen molar-refractivity contribution in [2.45, 2.75) is 18.2 Å². The summed E-state index contributed by atoms with van der Waals surface area (Å²) < 4.78 is 46.5. The number of sulfonamides is 1. The molecule has 8 heteroatoms. The Hall–Kier alpha value is -3.23. The van der Waals surface area contributed by atoms with Crippen molar-refractivity contribution in [2.24, 2.45) is 0 Å². The molecular weight excluding hydrogens is 431 g/mol. The Kier molecular flexibility index (Phi) is 7.97. The molecule has 0 fully saturated rings. The van der Waals surface area contributed by atoms with Crippen molar-refractivity contribution in [3.05, 3.63) is 84.2 Å². The normalized spacial score (nSPS) is 11.2. The highest BCUT2D eigenvalue weighted by Gasteiger charge is 2.15. The molecule has 3 aromatic carbocycles. The zero-order chi connectivity index (χ0) is 23.0. The number of nitrogens with one attached hydrogen (secondary N) is 2. The van der Waals surface area contributed by atoms with Crippen molar-refractivity contribution in [3.8, 4) is 11.1 Å². The van der Waals surface area contributed by atoms with E-state index in [9.17, 15) is 17.6 Å². The predicted octanol–water partition coefficient (Wildman–Crippen LogP) is 4.45. The van der Waals surface area contributed by atoms with Crippen LogP contribution in [0.3, 0.4) is 0 Å². The maximum absolute atomic E-state index is 13.4. The Labute approximate surface area is 187 Å². The van der Waals surface area contributed by atoms with E-state index in [2.05, 4.69) is 10.0 Å². The molecule has 6 nitrogen and oxygen atoms in total. The predicted molar refractivity (Wildman–Crippen MR) is 123 cm³/mol. The van der Waals surface area contributed by atoms with Crippen LogP contribution in [0.2, 0.25) is 0 Å². The van der Waals surface area contributed by atoms with Crippen LogP contribution in [0.1, 0.15) is 23.7 Å². The first-order valence-corrected chi connectivity index (χ1v) is 11.7. The molecule has 0 saturated carbocycles. The van der Waals surface area contributed by atoms with E-state index < -0.39 is 10.0 Å². The van der Waals surface area contributed by atoms with Gasteiger partial charge in [-0.3, -0.25) is 9.52 Å². The van der Waals surface area contributed by atoms with Crippen LogP contribution in [0.25, 0.3) is 11.1 Å². The van der Waals surface area contributed by atoms with E-state index in [1.807, 2.05) is 6.92 Å². The lowest BCUT2D eigenvalue weighted by Gasteiger charge is -2.10. The number of hydrogen-bond acceptors (Lipinski definition) is 4. The molecule has 168 valence electrons. The van der Waals surface area contributed by atoms with E-state index in [0.29, 0.717) is 42.1 Å². The molecule has 0 aromatic heterocycles. The minimum atomic E-state index is -3.82. The smallest absolute Gasteiger partial charge is 0.261 e. The lowest BCUT2D eigenvalue weighted by molar-refractivity contribution is 0.0944. The Morgan fingerprint density at radius 3 is 2.34 bits per heavy atom. The zero-order valence-corrected chi connectivity index (χ0v) is 18.5. The molecule has 1 amide bonds. The lowest BCUT2D eigenvalue weighted by atomic mass is 10.1. The van der Waals surface area contributed by atoms with Gasteiger partial charge in [0.2, 0.25) is 0 Å². The summed E-state index contributed by atoms with van der Waals surface area (Å²) in [6.07, 6.45) is 0.718. The van der Waals surface area contributed by atoms with Gasteiger partial charge in [0.25, 0.3) is 15.9 Å². The molecule has 0 radical (unpaired) electrons. The van der Waals surface area contributed by atoms with Crippen LogP contribution >= 0.6 is 0 Å². The van der Waals surface area contributed by atoms with Gasteiger partial charge in [-0.25, -0.2) is 12.8 Å². The van der Waals surface area contributed by atoms with Gasteiger partial charge < -0.3 is 10.1 Å². The number of benzene rings is 3. The molecule has 0 bridgehead atoms. The van der Waals surface area contributed by atoms with Gasteiger partial charge in [-0.15, -0.1) is 0 Å². The van der Waals surface area contributed by atoms with Crippen molar-refractivity contribution >= 4 is 21.6 Å². The summed E-state index contributed by atoms with van der Waals surface area (Å²) in [4.78, 5) is 12.2. The van der Waals surface area contributed by atoms with Crippen LogP contribution in [0.5, 0.6) is 0 Å². The van der Waals surface area contributed by atoms with E-state index in [4.69, 9.17) is 4.74 Å². The number of halogens is 1. The average molecular weight is 457 g/mol. The van der Waals surface area contributed by atoms with Gasteiger partial charge in [-0.1, -0.05) is 24.3 Å². The summed E-state index contributed by atoms with van der Waals surface area (Å²) >= 11 is 0. The molecular formula is C24H25FN2O4S. The summed E-state index contributed by atoms with van der Waals surface area (Å²) in [6.45, 7) is 3.64. The van der Waals surface area contributed by atoms with Crippen molar-refractivity contribution < 1.29 is 22.3 Å². The van der Waals surface area contributed by atoms with Gasteiger partial charge in [0, 0.05) is 31.0 Å². The minimum Gasteiger partial charge on any atom is -0.382 e. The van der Waals surface area contributed by atoms with E-state index in [1.165, 1.54) is 36.4 Å². The highest BCUT2D eigenvalue weighted by Crippen LogP contribution is 2.23. The quantitative estimate of drug-likeness (QED) is 0.442. The van der Waals surface area contributed by atoms with Gasteiger partial charge in [0.1, 0.15) is 5.82 Å². The fraction of sp³-hybridized carbons (Fsp3) is 0.208. The van der Waals surface area contributed by atoms with E-state index in [0.717, 1.165) is 6.42 Å². The summed E-state index contributed by atoms with van der Waals surface area (Å²) in [7, 11) is -3.82.